The van der Waals surface area contributed by atoms with E-state index < -0.39 is 17.4 Å². The van der Waals surface area contributed by atoms with Crippen LogP contribution in [0.3, 0.4) is 0 Å². The first-order valence-electron chi connectivity index (χ1n) is 11.9. The molecule has 2 aliphatic heterocycles. The number of carbonyl (C=O) groups excluding carboxylic acids is 2. The molecule has 0 radical (unpaired) electrons. The van der Waals surface area contributed by atoms with Gasteiger partial charge in [-0.3, -0.25) is 0 Å². The Hall–Kier alpha value is -1.14. The van der Waals surface area contributed by atoms with Gasteiger partial charge >= 0.3 is 0 Å². The lowest BCUT2D eigenvalue weighted by Gasteiger charge is -2.59. The van der Waals surface area contributed by atoms with E-state index in [4.69, 9.17) is 0 Å². The zero-order chi connectivity index (χ0) is 23.9. The van der Waals surface area contributed by atoms with Gasteiger partial charge in [0.2, 0.25) is 0 Å². The Kier molecular flexibility index (Phi) is 7.30. The van der Waals surface area contributed by atoms with E-state index in [9.17, 15) is 19.8 Å². The van der Waals surface area contributed by atoms with Crippen LogP contribution < -0.4 is 20.8 Å². The monoisotopic (exact) mass is 436 g/mol. The Morgan fingerprint density at radius 2 is 1.10 bits per heavy atom. The highest BCUT2D eigenvalue weighted by molar-refractivity contribution is 5.73. The zero-order valence-electron chi connectivity index (χ0n) is 20.9. The Labute approximate surface area is 188 Å². The molecule has 0 amide bonds. The Bertz CT molecular complexity index is 611. The summed E-state index contributed by atoms with van der Waals surface area (Å²) in [4.78, 5) is 24.1. The third kappa shape index (κ3) is 6.44. The van der Waals surface area contributed by atoms with E-state index in [1.165, 1.54) is 0 Å². The zero-order valence-corrected chi connectivity index (χ0v) is 20.9. The molecule has 2 rings (SSSR count). The first kappa shape index (κ1) is 26.1. The van der Waals surface area contributed by atoms with Crippen LogP contribution in [0.5, 0.6) is 0 Å². The van der Waals surface area contributed by atoms with Crippen molar-refractivity contribution in [2.75, 3.05) is 0 Å². The van der Waals surface area contributed by atoms with Crippen molar-refractivity contribution in [1.29, 1.82) is 0 Å². The normalized spacial score (nSPS) is 25.8. The molecule has 0 aromatic rings. The van der Waals surface area contributed by atoms with Gasteiger partial charge < -0.3 is 30.4 Å². The van der Waals surface area contributed by atoms with Crippen molar-refractivity contribution in [2.45, 2.75) is 129 Å². The van der Waals surface area contributed by atoms with E-state index in [0.717, 1.165) is 25.7 Å². The largest absolute Gasteiger partial charge is 0.550 e. The number of nitrogens with one attached hydrogen (secondary N) is 2. The van der Waals surface area contributed by atoms with Crippen LogP contribution in [0.15, 0.2) is 0 Å². The van der Waals surface area contributed by atoms with Gasteiger partial charge in [-0.25, -0.2) is 0 Å². The molecule has 0 aromatic carbocycles. The lowest BCUT2D eigenvalue weighted by atomic mass is 9.52. The van der Waals surface area contributed by atoms with Gasteiger partial charge in [0.15, 0.2) is 0 Å². The van der Waals surface area contributed by atoms with E-state index in [-0.39, 0.29) is 40.4 Å². The van der Waals surface area contributed by atoms with Gasteiger partial charge in [-0.2, -0.15) is 0 Å². The third-order valence-corrected chi connectivity index (χ3v) is 7.44. The topological polar surface area (TPSA) is 104 Å². The SMILES string of the molecule is CC1(C)CC(C(CCCCC(=O)[O-])(C(=O)[O-])C2CC(C)(C)NC(C)(C)C2)CC(C)(C)N1. The molecule has 2 fully saturated rings. The number of unbranched alkanes of at least 4 members (excludes halogenated alkanes) is 1. The second-order valence-corrected chi connectivity index (χ2v) is 12.9. The predicted octanol–water partition coefficient (Wildman–Crippen LogP) is 2.15. The molecular weight excluding hydrogens is 392 g/mol. The Morgan fingerprint density at radius 1 is 0.742 bits per heavy atom. The van der Waals surface area contributed by atoms with E-state index in [2.05, 4.69) is 66.0 Å². The van der Waals surface area contributed by atoms with Crippen LogP contribution in [-0.4, -0.2) is 34.1 Å². The highest BCUT2D eigenvalue weighted by Gasteiger charge is 2.55. The van der Waals surface area contributed by atoms with Crippen LogP contribution in [0.25, 0.3) is 0 Å². The summed E-state index contributed by atoms with van der Waals surface area (Å²) in [7, 11) is 0. The van der Waals surface area contributed by atoms with Gasteiger partial charge in [0.25, 0.3) is 0 Å². The van der Waals surface area contributed by atoms with Crippen LogP contribution in [0.1, 0.15) is 107 Å². The molecule has 6 heteroatoms. The molecule has 0 aromatic heterocycles. The van der Waals surface area contributed by atoms with Gasteiger partial charge in [-0.15, -0.1) is 0 Å². The highest BCUT2D eigenvalue weighted by atomic mass is 16.4. The maximum Gasteiger partial charge on any atom is 0.0481 e. The first-order chi connectivity index (χ1) is 13.9. The molecule has 0 spiro atoms. The summed E-state index contributed by atoms with van der Waals surface area (Å²) < 4.78 is 0. The summed E-state index contributed by atoms with van der Waals surface area (Å²) >= 11 is 0. The number of carboxylic acids is 2. The number of piperidine rings is 2. The lowest BCUT2D eigenvalue weighted by molar-refractivity contribution is -0.329. The fraction of sp³-hybridized carbons (Fsp3) is 0.920. The number of hydrogen-bond acceptors (Lipinski definition) is 6. The van der Waals surface area contributed by atoms with Gasteiger partial charge in [0.1, 0.15) is 0 Å². The van der Waals surface area contributed by atoms with Crippen molar-refractivity contribution in [3.05, 3.63) is 0 Å². The molecule has 2 heterocycles. The van der Waals surface area contributed by atoms with E-state index >= 15 is 0 Å². The Balaban J connectivity index is 2.51. The van der Waals surface area contributed by atoms with Crippen molar-refractivity contribution >= 4 is 11.9 Å². The van der Waals surface area contributed by atoms with Gasteiger partial charge in [0.05, 0.1) is 0 Å². The summed E-state index contributed by atoms with van der Waals surface area (Å²) in [6, 6.07) is 0. The lowest BCUT2D eigenvalue weighted by Crippen LogP contribution is -2.67. The Morgan fingerprint density at radius 3 is 1.39 bits per heavy atom. The second kappa shape index (κ2) is 8.66. The van der Waals surface area contributed by atoms with Crippen LogP contribution in [-0.2, 0) is 9.59 Å². The van der Waals surface area contributed by atoms with E-state index in [0.29, 0.717) is 19.3 Å². The van der Waals surface area contributed by atoms with Crippen molar-refractivity contribution in [3.8, 4) is 0 Å². The first-order valence-corrected chi connectivity index (χ1v) is 11.9. The molecule has 31 heavy (non-hydrogen) atoms. The maximum absolute atomic E-state index is 13.1. The number of aliphatic carboxylic acids is 2. The van der Waals surface area contributed by atoms with E-state index in [1.807, 2.05) is 0 Å². The van der Waals surface area contributed by atoms with Crippen LogP contribution >= 0.6 is 0 Å². The molecule has 0 saturated carbocycles. The van der Waals surface area contributed by atoms with Gasteiger partial charge in [0, 0.05) is 39.5 Å². The van der Waals surface area contributed by atoms with Gasteiger partial charge in [-0.05, 0) is 112 Å². The number of carbonyl (C=O) groups is 2. The number of hydrogen-bond donors (Lipinski definition) is 2. The fourth-order valence-corrected chi connectivity index (χ4v) is 7.24. The second-order valence-electron chi connectivity index (χ2n) is 12.9. The fourth-order valence-electron chi connectivity index (χ4n) is 7.24. The smallest absolute Gasteiger partial charge is 0.0481 e. The average Bonchev–Trinajstić information content (AvgIpc) is 2.48. The summed E-state index contributed by atoms with van der Waals surface area (Å²) in [6.45, 7) is 17.2. The number of carboxylic acid groups (broad SMARTS) is 2. The highest BCUT2D eigenvalue weighted by Crippen LogP contribution is 2.54. The molecule has 0 aliphatic carbocycles. The summed E-state index contributed by atoms with van der Waals surface area (Å²) in [5.41, 5.74) is -1.72. The van der Waals surface area contributed by atoms with Crippen LogP contribution in [0, 0.1) is 17.3 Å². The van der Waals surface area contributed by atoms with Crippen molar-refractivity contribution in [2.24, 2.45) is 17.3 Å². The minimum absolute atomic E-state index is 0.0322. The molecule has 0 atom stereocenters. The average molecular weight is 437 g/mol. The van der Waals surface area contributed by atoms with Crippen LogP contribution in [0.2, 0.25) is 0 Å². The molecular formula is C25H44N2O4-2. The predicted molar refractivity (Wildman–Crippen MR) is 119 cm³/mol. The molecule has 0 bridgehead atoms. The third-order valence-electron chi connectivity index (χ3n) is 7.44. The standard InChI is InChI=1S/C25H46N2O4/c1-21(2)13-17(14-22(3,4)26-21)25(20(30)31,12-10-9-11-19(28)29)18-15-23(5,6)27-24(7,8)16-18/h17-18,26-27H,9-16H2,1-8H3,(H,28,29)(H,30,31)/p-2. The molecule has 2 saturated heterocycles. The van der Waals surface area contributed by atoms with Crippen molar-refractivity contribution in [1.82, 2.24) is 10.6 Å². The summed E-state index contributed by atoms with van der Waals surface area (Å²) in [5, 5.41) is 31.4. The number of rotatable bonds is 8. The molecule has 0 unspecified atom stereocenters. The minimum atomic E-state index is -1.08. The molecule has 6 nitrogen and oxygen atoms in total. The van der Waals surface area contributed by atoms with Crippen LogP contribution in [0.4, 0.5) is 0 Å². The molecule has 180 valence electrons. The maximum atomic E-state index is 13.1. The molecule has 2 N–H and O–H groups in total. The quantitative estimate of drug-likeness (QED) is 0.565. The minimum Gasteiger partial charge on any atom is -0.550 e. The summed E-state index contributed by atoms with van der Waals surface area (Å²) in [5.74, 6) is -2.12. The van der Waals surface area contributed by atoms with E-state index in [1.54, 1.807) is 0 Å². The van der Waals surface area contributed by atoms with Gasteiger partial charge in [-0.1, -0.05) is 6.42 Å². The van der Waals surface area contributed by atoms with Crippen molar-refractivity contribution < 1.29 is 19.8 Å². The van der Waals surface area contributed by atoms with Crippen molar-refractivity contribution in [3.63, 3.8) is 0 Å². The summed E-state index contributed by atoms with van der Waals surface area (Å²) in [6.07, 6.45) is 4.45. The molecule has 2 aliphatic rings.